The van der Waals surface area contributed by atoms with Crippen molar-refractivity contribution in [3.8, 4) is 0 Å². The lowest BCUT2D eigenvalue weighted by atomic mass is 10.1. The van der Waals surface area contributed by atoms with Crippen LogP contribution in [0.25, 0.3) is 0 Å². The van der Waals surface area contributed by atoms with Crippen molar-refractivity contribution < 1.29 is 24.1 Å². The Morgan fingerprint density at radius 3 is 2.19 bits per heavy atom. The fourth-order valence-corrected chi connectivity index (χ4v) is 3.20. The van der Waals surface area contributed by atoms with E-state index in [2.05, 4.69) is 5.32 Å². The van der Waals surface area contributed by atoms with Gasteiger partial charge in [0.2, 0.25) is 0 Å². The van der Waals surface area contributed by atoms with Gasteiger partial charge in [-0.1, -0.05) is 12.1 Å². The summed E-state index contributed by atoms with van der Waals surface area (Å²) in [7, 11) is 0. The summed E-state index contributed by atoms with van der Waals surface area (Å²) in [6.07, 6.45) is 0. The Morgan fingerprint density at radius 2 is 1.62 bits per heavy atom. The van der Waals surface area contributed by atoms with Crippen LogP contribution in [0.1, 0.15) is 31.9 Å². The van der Waals surface area contributed by atoms with Crippen LogP contribution in [-0.2, 0) is 14.3 Å². The second kappa shape index (κ2) is 8.64. The van der Waals surface area contributed by atoms with E-state index in [1.165, 1.54) is 15.4 Å². The number of quaternary nitrogens is 2. The molecule has 1 heterocycles. The zero-order valence-electron chi connectivity index (χ0n) is 16.7. The lowest BCUT2D eigenvalue weighted by Gasteiger charge is -2.29. The van der Waals surface area contributed by atoms with Crippen LogP contribution >= 0.6 is 0 Å². The molecule has 0 aliphatic carbocycles. The fraction of sp³-hybridized carbons (Fsp3) is 0.600. The molecule has 3 N–H and O–H groups in total. The predicted molar refractivity (Wildman–Crippen MR) is 102 cm³/mol. The minimum absolute atomic E-state index is 0.0456. The van der Waals surface area contributed by atoms with E-state index < -0.39 is 5.60 Å². The van der Waals surface area contributed by atoms with Gasteiger partial charge < -0.3 is 19.9 Å². The molecular formula is C20H33N3O3+2. The number of carbonyl (C=O) groups excluding carboxylic acids is 2. The molecule has 1 aromatic carbocycles. The molecule has 1 amide bonds. The topological polar surface area (TPSA) is 64.3 Å². The molecule has 1 saturated heterocycles. The van der Waals surface area contributed by atoms with Gasteiger partial charge in [0.25, 0.3) is 5.91 Å². The maximum absolute atomic E-state index is 12.3. The number of rotatable bonds is 5. The van der Waals surface area contributed by atoms with E-state index in [0.29, 0.717) is 13.1 Å². The van der Waals surface area contributed by atoms with Gasteiger partial charge in [-0.15, -0.1) is 0 Å². The normalized spacial score (nSPS) is 20.5. The number of hydrogen-bond donors (Lipinski definition) is 3. The molecule has 6 heteroatoms. The van der Waals surface area contributed by atoms with Gasteiger partial charge in [-0.25, -0.2) is 4.79 Å². The molecule has 1 aromatic rings. The molecule has 0 bridgehead atoms. The number of anilines is 1. The first-order chi connectivity index (χ1) is 12.1. The van der Waals surface area contributed by atoms with E-state index in [0.717, 1.165) is 37.4 Å². The van der Waals surface area contributed by atoms with Gasteiger partial charge in [0.1, 0.15) is 31.8 Å². The smallest absolute Gasteiger partial charge is 0.362 e. The summed E-state index contributed by atoms with van der Waals surface area (Å²) in [5, 5.41) is 3.03. The van der Waals surface area contributed by atoms with Gasteiger partial charge in [0.15, 0.2) is 13.1 Å². The lowest BCUT2D eigenvalue weighted by Crippen LogP contribution is -3.28. The summed E-state index contributed by atoms with van der Waals surface area (Å²) in [6, 6.07) is 5.95. The molecule has 0 spiro atoms. The highest BCUT2D eigenvalue weighted by Crippen LogP contribution is 2.17. The highest BCUT2D eigenvalue weighted by atomic mass is 16.6. The van der Waals surface area contributed by atoms with Crippen molar-refractivity contribution in [2.45, 2.75) is 40.2 Å². The molecule has 2 rings (SSSR count). The molecule has 0 atom stereocenters. The van der Waals surface area contributed by atoms with E-state index in [1.807, 2.05) is 52.8 Å². The quantitative estimate of drug-likeness (QED) is 0.610. The predicted octanol–water partition coefficient (Wildman–Crippen LogP) is -0.633. The number of esters is 1. The summed E-state index contributed by atoms with van der Waals surface area (Å²) in [4.78, 5) is 26.8. The van der Waals surface area contributed by atoms with Gasteiger partial charge in [-0.05, 0) is 51.8 Å². The van der Waals surface area contributed by atoms with Crippen molar-refractivity contribution in [1.82, 2.24) is 0 Å². The summed E-state index contributed by atoms with van der Waals surface area (Å²) < 4.78 is 5.39. The largest absolute Gasteiger partial charge is 0.456 e. The third-order valence-corrected chi connectivity index (χ3v) is 4.77. The van der Waals surface area contributed by atoms with Crippen LogP contribution in [0.4, 0.5) is 5.69 Å². The lowest BCUT2D eigenvalue weighted by molar-refractivity contribution is -1.00. The Hall–Kier alpha value is -1.92. The molecule has 0 unspecified atom stereocenters. The summed E-state index contributed by atoms with van der Waals surface area (Å²) in [6.45, 7) is 14.1. The van der Waals surface area contributed by atoms with E-state index in [4.69, 9.17) is 4.74 Å². The number of ether oxygens (including phenoxy) is 1. The number of nitrogens with one attached hydrogen (secondary N) is 3. The molecule has 0 radical (unpaired) electrons. The van der Waals surface area contributed by atoms with Crippen molar-refractivity contribution >= 4 is 17.6 Å². The highest BCUT2D eigenvalue weighted by Gasteiger charge is 2.28. The maximum atomic E-state index is 12.3. The molecule has 1 aliphatic rings. The second-order valence-corrected chi connectivity index (χ2v) is 8.24. The number of amides is 1. The van der Waals surface area contributed by atoms with Crippen LogP contribution in [0.3, 0.4) is 0 Å². The zero-order chi connectivity index (χ0) is 19.3. The SMILES string of the molecule is Cc1cccc(NC(=O)C[NH+]2CC[NH+](CC(=O)OC(C)(C)C)CC2)c1C. The second-order valence-electron chi connectivity index (χ2n) is 8.24. The summed E-state index contributed by atoms with van der Waals surface area (Å²) in [5.74, 6) is -0.104. The third kappa shape index (κ3) is 6.42. The summed E-state index contributed by atoms with van der Waals surface area (Å²) >= 11 is 0. The first-order valence-corrected chi connectivity index (χ1v) is 9.39. The van der Waals surface area contributed by atoms with Crippen LogP contribution in [-0.4, -0.2) is 56.7 Å². The van der Waals surface area contributed by atoms with Gasteiger partial charge in [-0.2, -0.15) is 0 Å². The first kappa shape index (κ1) is 20.4. The number of hydrogen-bond acceptors (Lipinski definition) is 3. The standard InChI is InChI=1S/C20H31N3O3/c1-15-7-6-8-17(16(15)2)21-18(24)13-22-9-11-23(12-10-22)14-19(25)26-20(3,4)5/h6-8H,9-14H2,1-5H3,(H,21,24)/p+2. The van der Waals surface area contributed by atoms with Gasteiger partial charge >= 0.3 is 5.97 Å². The summed E-state index contributed by atoms with van der Waals surface area (Å²) in [5.41, 5.74) is 2.75. The molecule has 26 heavy (non-hydrogen) atoms. The molecule has 0 aromatic heterocycles. The Labute approximate surface area is 156 Å². The average Bonchev–Trinajstić information content (AvgIpc) is 2.52. The van der Waals surface area contributed by atoms with Crippen LogP contribution in [0.5, 0.6) is 0 Å². The van der Waals surface area contributed by atoms with Crippen LogP contribution in [0.2, 0.25) is 0 Å². The Morgan fingerprint density at radius 1 is 1.04 bits per heavy atom. The average molecular weight is 364 g/mol. The van der Waals surface area contributed by atoms with Crippen molar-refractivity contribution in [1.29, 1.82) is 0 Å². The molecule has 1 aliphatic heterocycles. The van der Waals surface area contributed by atoms with E-state index in [1.54, 1.807) is 0 Å². The highest BCUT2D eigenvalue weighted by molar-refractivity contribution is 5.92. The van der Waals surface area contributed by atoms with Crippen molar-refractivity contribution in [3.63, 3.8) is 0 Å². The molecule has 6 nitrogen and oxygen atoms in total. The molecular weight excluding hydrogens is 330 g/mol. The Bertz CT molecular complexity index is 644. The van der Waals surface area contributed by atoms with Crippen LogP contribution < -0.4 is 15.1 Å². The monoisotopic (exact) mass is 363 g/mol. The Balaban J connectivity index is 1.75. The van der Waals surface area contributed by atoms with Gasteiger partial charge in [0.05, 0.1) is 0 Å². The number of aryl methyl sites for hydroxylation is 1. The maximum Gasteiger partial charge on any atom is 0.362 e. The van der Waals surface area contributed by atoms with E-state index in [-0.39, 0.29) is 11.9 Å². The van der Waals surface area contributed by atoms with E-state index >= 15 is 0 Å². The van der Waals surface area contributed by atoms with Crippen molar-refractivity contribution in [2.24, 2.45) is 0 Å². The molecule has 0 saturated carbocycles. The molecule has 1 fully saturated rings. The van der Waals surface area contributed by atoms with Gasteiger partial charge in [-0.3, -0.25) is 4.79 Å². The van der Waals surface area contributed by atoms with Crippen LogP contribution in [0.15, 0.2) is 18.2 Å². The van der Waals surface area contributed by atoms with Crippen molar-refractivity contribution in [2.75, 3.05) is 44.6 Å². The third-order valence-electron chi connectivity index (χ3n) is 4.77. The Kier molecular flexibility index (Phi) is 6.78. The number of benzene rings is 1. The van der Waals surface area contributed by atoms with Gasteiger partial charge in [0, 0.05) is 5.69 Å². The number of carbonyl (C=O) groups is 2. The van der Waals surface area contributed by atoms with Crippen LogP contribution in [0, 0.1) is 13.8 Å². The first-order valence-electron chi connectivity index (χ1n) is 9.39. The van der Waals surface area contributed by atoms with E-state index in [9.17, 15) is 9.59 Å². The minimum atomic E-state index is -0.435. The number of piperazine rings is 1. The molecule has 144 valence electrons. The fourth-order valence-electron chi connectivity index (χ4n) is 3.20. The minimum Gasteiger partial charge on any atom is -0.456 e. The zero-order valence-corrected chi connectivity index (χ0v) is 16.7. The van der Waals surface area contributed by atoms with Crippen molar-refractivity contribution in [3.05, 3.63) is 29.3 Å².